The Hall–Kier alpha value is -2.38. The van der Waals surface area contributed by atoms with Crippen LogP contribution in [0.2, 0.25) is 0 Å². The summed E-state index contributed by atoms with van der Waals surface area (Å²) in [6.45, 7) is 6.33. The van der Waals surface area contributed by atoms with Gasteiger partial charge >= 0.3 is 6.09 Å². The fraction of sp³-hybridized carbons (Fsp3) is 0.588. The number of guanidine groups is 1. The second-order valence-electron chi connectivity index (χ2n) is 5.73. The highest BCUT2D eigenvalue weighted by atomic mass is 19.1. The number of halogens is 1. The minimum absolute atomic E-state index is 0.170. The van der Waals surface area contributed by atoms with E-state index in [1.807, 2.05) is 6.92 Å². The molecule has 0 spiro atoms. The van der Waals surface area contributed by atoms with Crippen molar-refractivity contribution in [2.75, 3.05) is 26.2 Å². The number of carbonyl (C=O) groups is 1. The van der Waals surface area contributed by atoms with Crippen molar-refractivity contribution in [2.24, 2.45) is 4.99 Å². The van der Waals surface area contributed by atoms with Gasteiger partial charge < -0.3 is 20.3 Å². The van der Waals surface area contributed by atoms with Gasteiger partial charge in [-0.1, -0.05) is 0 Å². The van der Waals surface area contributed by atoms with Gasteiger partial charge in [0.25, 0.3) is 0 Å². The number of amides is 1. The Kier molecular flexibility index (Phi) is 7.43. The molecule has 2 heterocycles. The van der Waals surface area contributed by atoms with Crippen molar-refractivity contribution in [3.8, 4) is 0 Å². The molecule has 0 atom stereocenters. The van der Waals surface area contributed by atoms with E-state index in [-0.39, 0.29) is 24.5 Å². The van der Waals surface area contributed by atoms with E-state index in [1.165, 1.54) is 6.07 Å². The summed E-state index contributed by atoms with van der Waals surface area (Å²) in [5, 5.41) is 6.51. The van der Waals surface area contributed by atoms with E-state index in [0.717, 1.165) is 12.8 Å². The van der Waals surface area contributed by atoms with E-state index in [9.17, 15) is 9.18 Å². The maximum atomic E-state index is 13.6. The van der Waals surface area contributed by atoms with Crippen LogP contribution in [0.15, 0.2) is 23.3 Å². The number of hydrogen-bond acceptors (Lipinski definition) is 4. The van der Waals surface area contributed by atoms with Crippen LogP contribution in [0.4, 0.5) is 9.18 Å². The van der Waals surface area contributed by atoms with Gasteiger partial charge in [0, 0.05) is 31.9 Å². The zero-order chi connectivity index (χ0) is 18.1. The third kappa shape index (κ3) is 5.88. The third-order valence-electron chi connectivity index (χ3n) is 3.93. The second kappa shape index (κ2) is 9.80. The summed E-state index contributed by atoms with van der Waals surface area (Å²) in [5.74, 6) is 0.270. The number of aliphatic imine (C=N–C) groups is 1. The molecule has 8 heteroatoms. The average molecular weight is 351 g/mol. The summed E-state index contributed by atoms with van der Waals surface area (Å²) < 4.78 is 18.7. The molecule has 1 aromatic rings. The second-order valence-corrected chi connectivity index (χ2v) is 5.73. The number of aromatic nitrogens is 1. The highest BCUT2D eigenvalue weighted by Gasteiger charge is 2.24. The zero-order valence-electron chi connectivity index (χ0n) is 14.8. The first-order valence-corrected chi connectivity index (χ1v) is 8.70. The van der Waals surface area contributed by atoms with Crippen LogP contribution in [-0.2, 0) is 11.3 Å². The molecule has 0 saturated carbocycles. The van der Waals surface area contributed by atoms with Crippen molar-refractivity contribution in [3.05, 3.63) is 29.8 Å². The SMILES string of the molecule is CCNC(=NCc1ncccc1F)NC1CCN(C(=O)OCC)CC1. The Bertz CT molecular complexity index is 588. The van der Waals surface area contributed by atoms with Crippen molar-refractivity contribution in [1.29, 1.82) is 0 Å². The first-order valence-electron chi connectivity index (χ1n) is 8.70. The van der Waals surface area contributed by atoms with E-state index in [2.05, 4.69) is 20.6 Å². The van der Waals surface area contributed by atoms with Gasteiger partial charge in [0.1, 0.15) is 5.82 Å². The topological polar surface area (TPSA) is 78.9 Å². The zero-order valence-corrected chi connectivity index (χ0v) is 14.8. The van der Waals surface area contributed by atoms with Gasteiger partial charge in [0.05, 0.1) is 18.8 Å². The van der Waals surface area contributed by atoms with E-state index in [4.69, 9.17) is 4.74 Å². The summed E-state index contributed by atoms with van der Waals surface area (Å²) in [7, 11) is 0. The molecule has 0 unspecified atom stereocenters. The first kappa shape index (κ1) is 19.0. The lowest BCUT2D eigenvalue weighted by Gasteiger charge is -2.32. The minimum atomic E-state index is -0.357. The molecular formula is C17H26FN5O2. The molecular weight excluding hydrogens is 325 g/mol. The lowest BCUT2D eigenvalue weighted by atomic mass is 10.1. The summed E-state index contributed by atoms with van der Waals surface area (Å²) >= 11 is 0. The molecule has 1 saturated heterocycles. The van der Waals surface area contributed by atoms with Crippen molar-refractivity contribution in [1.82, 2.24) is 20.5 Å². The van der Waals surface area contributed by atoms with Gasteiger partial charge in [-0.3, -0.25) is 4.98 Å². The van der Waals surface area contributed by atoms with Gasteiger partial charge in [0.2, 0.25) is 0 Å². The molecule has 2 N–H and O–H groups in total. The van der Waals surface area contributed by atoms with Gasteiger partial charge in [0.15, 0.2) is 5.96 Å². The molecule has 1 amide bonds. The van der Waals surface area contributed by atoms with Gasteiger partial charge in [-0.25, -0.2) is 14.2 Å². The van der Waals surface area contributed by atoms with Crippen LogP contribution in [0.1, 0.15) is 32.4 Å². The Morgan fingerprint density at radius 1 is 1.44 bits per heavy atom. The summed E-state index contributed by atoms with van der Waals surface area (Å²) in [6, 6.07) is 3.14. The van der Waals surface area contributed by atoms with Gasteiger partial charge in [-0.05, 0) is 38.8 Å². The molecule has 0 radical (unpaired) electrons. The number of likely N-dealkylation sites (tertiary alicyclic amines) is 1. The summed E-state index contributed by atoms with van der Waals surface area (Å²) in [6.07, 6.45) is 2.91. The molecule has 0 aliphatic carbocycles. The van der Waals surface area contributed by atoms with Crippen LogP contribution < -0.4 is 10.6 Å². The maximum Gasteiger partial charge on any atom is 0.409 e. The van der Waals surface area contributed by atoms with E-state index < -0.39 is 0 Å². The third-order valence-corrected chi connectivity index (χ3v) is 3.93. The molecule has 138 valence electrons. The van der Waals surface area contributed by atoms with Crippen LogP contribution in [0, 0.1) is 5.82 Å². The normalized spacial score (nSPS) is 15.8. The predicted molar refractivity (Wildman–Crippen MR) is 93.8 cm³/mol. The number of pyridine rings is 1. The number of carbonyl (C=O) groups excluding carboxylic acids is 1. The van der Waals surface area contributed by atoms with Crippen LogP contribution in [0.5, 0.6) is 0 Å². The van der Waals surface area contributed by atoms with Gasteiger partial charge in [-0.15, -0.1) is 0 Å². The fourth-order valence-electron chi connectivity index (χ4n) is 2.62. The minimum Gasteiger partial charge on any atom is -0.450 e. The van der Waals surface area contributed by atoms with Crippen LogP contribution in [0.25, 0.3) is 0 Å². The molecule has 0 aromatic carbocycles. The highest BCUT2D eigenvalue weighted by Crippen LogP contribution is 2.11. The first-order chi connectivity index (χ1) is 12.1. The van der Waals surface area contributed by atoms with Crippen molar-refractivity contribution < 1.29 is 13.9 Å². The number of ether oxygens (including phenoxy) is 1. The Morgan fingerprint density at radius 2 is 2.20 bits per heavy atom. The Balaban J connectivity index is 1.88. The predicted octanol–water partition coefficient (Wildman–Crippen LogP) is 1.90. The lowest BCUT2D eigenvalue weighted by molar-refractivity contribution is 0.0963. The summed E-state index contributed by atoms with van der Waals surface area (Å²) in [4.78, 5) is 21.9. The number of piperidine rings is 1. The van der Waals surface area contributed by atoms with Crippen molar-refractivity contribution in [2.45, 2.75) is 39.3 Å². The molecule has 0 bridgehead atoms. The Labute approximate surface area is 147 Å². The molecule has 1 aliphatic heterocycles. The Morgan fingerprint density at radius 3 is 2.84 bits per heavy atom. The van der Waals surface area contributed by atoms with Gasteiger partial charge in [-0.2, -0.15) is 0 Å². The molecule has 1 aromatic heterocycles. The van der Waals surface area contributed by atoms with Crippen molar-refractivity contribution in [3.63, 3.8) is 0 Å². The molecule has 2 rings (SSSR count). The molecule has 7 nitrogen and oxygen atoms in total. The monoisotopic (exact) mass is 351 g/mol. The molecule has 25 heavy (non-hydrogen) atoms. The number of rotatable bonds is 5. The van der Waals surface area contributed by atoms with Crippen LogP contribution in [0.3, 0.4) is 0 Å². The molecule has 1 fully saturated rings. The van der Waals surface area contributed by atoms with Crippen LogP contribution in [-0.4, -0.2) is 54.2 Å². The standard InChI is InChI=1S/C17H26FN5O2/c1-3-19-16(21-12-15-14(18)6-5-9-20-15)22-13-7-10-23(11-8-13)17(24)25-4-2/h5-6,9,13H,3-4,7-8,10-12H2,1-2H3,(H2,19,21,22). The fourth-order valence-corrected chi connectivity index (χ4v) is 2.62. The maximum absolute atomic E-state index is 13.6. The largest absolute Gasteiger partial charge is 0.450 e. The summed E-state index contributed by atoms with van der Waals surface area (Å²) in [5.41, 5.74) is 0.317. The molecule has 1 aliphatic rings. The highest BCUT2D eigenvalue weighted by molar-refractivity contribution is 5.80. The van der Waals surface area contributed by atoms with Crippen LogP contribution >= 0.6 is 0 Å². The van der Waals surface area contributed by atoms with E-state index >= 15 is 0 Å². The number of nitrogens with zero attached hydrogens (tertiary/aromatic N) is 3. The quantitative estimate of drug-likeness (QED) is 0.626. The number of nitrogens with one attached hydrogen (secondary N) is 2. The number of hydrogen-bond donors (Lipinski definition) is 2. The average Bonchev–Trinajstić information content (AvgIpc) is 2.62. The van der Waals surface area contributed by atoms with E-state index in [0.29, 0.717) is 37.9 Å². The lowest BCUT2D eigenvalue weighted by Crippen LogP contribution is -2.49. The van der Waals surface area contributed by atoms with E-state index in [1.54, 1.807) is 24.1 Å². The van der Waals surface area contributed by atoms with Crippen molar-refractivity contribution >= 4 is 12.1 Å². The smallest absolute Gasteiger partial charge is 0.409 e.